The molecule has 0 N–H and O–H groups in total. The molecule has 1 heterocycles. The molecule has 1 nitrogen and oxygen atoms in total. The van der Waals surface area contributed by atoms with Crippen LogP contribution in [0.4, 0.5) is 0 Å². The lowest BCUT2D eigenvalue weighted by Gasteiger charge is -2.35. The van der Waals surface area contributed by atoms with Crippen molar-refractivity contribution in [1.29, 1.82) is 0 Å². The second-order valence-electron chi connectivity index (χ2n) is 7.14. The fourth-order valence-corrected chi connectivity index (χ4v) is 5.86. The lowest BCUT2D eigenvalue weighted by molar-refractivity contribution is 0.414. The first-order valence-electron chi connectivity index (χ1n) is 9.43. The van der Waals surface area contributed by atoms with Crippen molar-refractivity contribution in [1.82, 2.24) is 0 Å². The van der Waals surface area contributed by atoms with Crippen molar-refractivity contribution in [3.05, 3.63) is 121 Å². The molecule has 0 fully saturated rings. The van der Waals surface area contributed by atoms with Crippen LogP contribution < -0.4 is 4.74 Å². The van der Waals surface area contributed by atoms with E-state index in [1.54, 1.807) is 18.4 Å². The van der Waals surface area contributed by atoms with Crippen LogP contribution in [-0.4, -0.2) is 7.11 Å². The summed E-state index contributed by atoms with van der Waals surface area (Å²) >= 11 is 15.4. The van der Waals surface area contributed by atoms with Crippen LogP contribution in [0, 0.1) is 0 Å². The van der Waals surface area contributed by atoms with E-state index >= 15 is 0 Å². The van der Waals surface area contributed by atoms with Crippen molar-refractivity contribution >= 4 is 34.5 Å². The molecular weight excluding hydrogens is 419 g/mol. The summed E-state index contributed by atoms with van der Waals surface area (Å²) in [6.07, 6.45) is 0. The number of thiophene rings is 1. The van der Waals surface area contributed by atoms with E-state index in [-0.39, 0.29) is 11.8 Å². The highest BCUT2D eigenvalue weighted by molar-refractivity contribution is 7.10. The highest BCUT2D eigenvalue weighted by Gasteiger charge is 2.37. The van der Waals surface area contributed by atoms with Crippen LogP contribution in [0.5, 0.6) is 5.75 Å². The van der Waals surface area contributed by atoms with Crippen LogP contribution in [0.15, 0.2) is 78.2 Å². The minimum Gasteiger partial charge on any atom is -0.497 e. The zero-order valence-electron chi connectivity index (χ0n) is 15.7. The smallest absolute Gasteiger partial charge is 0.118 e. The minimum atomic E-state index is 0.0227. The van der Waals surface area contributed by atoms with Crippen LogP contribution in [0.25, 0.3) is 0 Å². The van der Waals surface area contributed by atoms with Gasteiger partial charge in [0.2, 0.25) is 0 Å². The Hall–Kier alpha value is -2.26. The van der Waals surface area contributed by atoms with E-state index in [9.17, 15) is 0 Å². The Morgan fingerprint density at radius 3 is 1.93 bits per heavy atom. The van der Waals surface area contributed by atoms with E-state index in [2.05, 4.69) is 41.8 Å². The van der Waals surface area contributed by atoms with E-state index in [1.165, 1.54) is 27.1 Å². The Bertz CT molecular complexity index is 1170. The number of methoxy groups -OCH3 is 1. The van der Waals surface area contributed by atoms with Crippen molar-refractivity contribution in [3.8, 4) is 5.75 Å². The van der Waals surface area contributed by atoms with Gasteiger partial charge >= 0.3 is 0 Å². The molecule has 29 heavy (non-hydrogen) atoms. The molecule has 0 spiro atoms. The largest absolute Gasteiger partial charge is 0.497 e. The van der Waals surface area contributed by atoms with Gasteiger partial charge in [0.05, 0.1) is 7.11 Å². The van der Waals surface area contributed by atoms with Crippen LogP contribution in [-0.2, 0) is 0 Å². The first-order chi connectivity index (χ1) is 14.2. The summed E-state index contributed by atoms with van der Waals surface area (Å²) < 4.78 is 5.36. The van der Waals surface area contributed by atoms with Gasteiger partial charge in [-0.25, -0.2) is 0 Å². The van der Waals surface area contributed by atoms with Crippen molar-refractivity contribution in [2.45, 2.75) is 11.8 Å². The highest BCUT2D eigenvalue weighted by Crippen LogP contribution is 2.53. The Balaban J connectivity index is 1.82. The van der Waals surface area contributed by atoms with Gasteiger partial charge in [0.25, 0.3) is 0 Å². The van der Waals surface area contributed by atoms with Crippen LogP contribution in [0.1, 0.15) is 44.5 Å². The first kappa shape index (κ1) is 18.7. The third-order valence-corrected chi connectivity index (χ3v) is 7.25. The molecule has 5 rings (SSSR count). The SMILES string of the molecule is COc1ccc([C@H]2c3cccc(Cl)c3[C@@H](c3cccs3)c3cccc(Cl)c32)cc1. The van der Waals surface area contributed by atoms with E-state index in [4.69, 9.17) is 27.9 Å². The molecule has 0 amide bonds. The molecule has 0 aliphatic heterocycles. The molecule has 0 unspecified atom stereocenters. The maximum atomic E-state index is 6.82. The monoisotopic (exact) mass is 436 g/mol. The van der Waals surface area contributed by atoms with Crippen molar-refractivity contribution in [2.75, 3.05) is 7.11 Å². The van der Waals surface area contributed by atoms with Crippen LogP contribution in [0.3, 0.4) is 0 Å². The molecule has 2 atom stereocenters. The van der Waals surface area contributed by atoms with Crippen molar-refractivity contribution in [2.24, 2.45) is 0 Å². The maximum Gasteiger partial charge on any atom is 0.118 e. The normalized spacial score (nSPS) is 17.5. The lowest BCUT2D eigenvalue weighted by Crippen LogP contribution is -2.20. The Morgan fingerprint density at radius 2 is 1.34 bits per heavy atom. The Morgan fingerprint density at radius 1 is 0.724 bits per heavy atom. The van der Waals surface area contributed by atoms with Gasteiger partial charge in [0.1, 0.15) is 5.75 Å². The lowest BCUT2D eigenvalue weighted by atomic mass is 9.69. The predicted molar refractivity (Wildman–Crippen MR) is 122 cm³/mol. The summed E-state index contributed by atoms with van der Waals surface area (Å²) in [5.74, 6) is 0.947. The minimum absolute atomic E-state index is 0.0227. The standard InChI is InChI=1S/C25H18Cl2OS/c1-28-16-12-10-15(11-13-16)22-17-5-2-8-20(27)24(17)25(21-9-4-14-29-21)18-6-3-7-19(26)23(18)22/h2-14,22,25H,1H3/t22-,25+/m0/s1. The molecule has 0 bridgehead atoms. The highest BCUT2D eigenvalue weighted by atomic mass is 35.5. The number of halogens is 2. The summed E-state index contributed by atoms with van der Waals surface area (Å²) in [6.45, 7) is 0. The zero-order chi connectivity index (χ0) is 20.0. The fraction of sp³-hybridized carbons (Fsp3) is 0.120. The molecular formula is C25H18Cl2OS. The molecule has 3 aromatic carbocycles. The number of hydrogen-bond acceptors (Lipinski definition) is 2. The number of hydrogen-bond donors (Lipinski definition) is 0. The van der Waals surface area contributed by atoms with Gasteiger partial charge in [-0.2, -0.15) is 0 Å². The maximum absolute atomic E-state index is 6.82. The second kappa shape index (κ2) is 7.53. The second-order valence-corrected chi connectivity index (χ2v) is 8.93. The Kier molecular flexibility index (Phi) is 4.87. The summed E-state index contributed by atoms with van der Waals surface area (Å²) in [4.78, 5) is 1.27. The van der Waals surface area contributed by atoms with E-state index in [1.807, 2.05) is 36.4 Å². The molecule has 0 saturated heterocycles. The average molecular weight is 437 g/mol. The molecule has 1 aliphatic carbocycles. The van der Waals surface area contributed by atoms with Crippen LogP contribution >= 0.6 is 34.5 Å². The van der Waals surface area contributed by atoms with Gasteiger partial charge in [-0.15, -0.1) is 11.3 Å². The number of benzene rings is 3. The third-order valence-electron chi connectivity index (χ3n) is 5.65. The first-order valence-corrected chi connectivity index (χ1v) is 11.1. The van der Waals surface area contributed by atoms with Gasteiger partial charge in [0.15, 0.2) is 0 Å². The summed E-state index contributed by atoms with van der Waals surface area (Å²) in [6, 6.07) is 24.9. The van der Waals surface area contributed by atoms with Gasteiger partial charge in [0, 0.05) is 26.8 Å². The van der Waals surface area contributed by atoms with Crippen molar-refractivity contribution in [3.63, 3.8) is 0 Å². The summed E-state index contributed by atoms with van der Waals surface area (Å²) in [7, 11) is 1.68. The van der Waals surface area contributed by atoms with E-state index < -0.39 is 0 Å². The number of fused-ring (bicyclic) bond motifs is 2. The Labute approximate surface area is 184 Å². The topological polar surface area (TPSA) is 9.23 Å². The average Bonchev–Trinajstić information content (AvgIpc) is 3.27. The number of rotatable bonds is 3. The summed E-state index contributed by atoms with van der Waals surface area (Å²) in [5.41, 5.74) is 5.94. The van der Waals surface area contributed by atoms with Gasteiger partial charge < -0.3 is 4.74 Å². The predicted octanol–water partition coefficient (Wildman–Crippen LogP) is 7.74. The number of ether oxygens (including phenoxy) is 1. The van der Waals surface area contributed by atoms with E-state index in [0.717, 1.165) is 21.4 Å². The fourth-order valence-electron chi connectivity index (χ4n) is 4.42. The molecule has 4 aromatic rings. The molecule has 1 aromatic heterocycles. The molecule has 4 heteroatoms. The molecule has 144 valence electrons. The van der Waals surface area contributed by atoms with Gasteiger partial charge in [-0.05, 0) is 63.5 Å². The van der Waals surface area contributed by atoms with Crippen molar-refractivity contribution < 1.29 is 4.74 Å². The van der Waals surface area contributed by atoms with Crippen LogP contribution in [0.2, 0.25) is 10.0 Å². The van der Waals surface area contributed by atoms with E-state index in [0.29, 0.717) is 0 Å². The molecule has 1 aliphatic rings. The summed E-state index contributed by atoms with van der Waals surface area (Å²) in [5, 5.41) is 3.70. The van der Waals surface area contributed by atoms with Gasteiger partial charge in [-0.3, -0.25) is 0 Å². The third kappa shape index (κ3) is 3.07. The quantitative estimate of drug-likeness (QED) is 0.281. The zero-order valence-corrected chi connectivity index (χ0v) is 18.1. The molecule has 0 radical (unpaired) electrons. The van der Waals surface area contributed by atoms with Gasteiger partial charge in [-0.1, -0.05) is 65.7 Å². The molecule has 0 saturated carbocycles.